The molecule has 2 heterocycles. The van der Waals surface area contributed by atoms with Crippen LogP contribution in [0.5, 0.6) is 0 Å². The van der Waals surface area contributed by atoms with Crippen LogP contribution in [0.25, 0.3) is 10.8 Å². The van der Waals surface area contributed by atoms with Crippen molar-refractivity contribution in [1.29, 1.82) is 0 Å². The summed E-state index contributed by atoms with van der Waals surface area (Å²) in [6, 6.07) is 4.27. The fourth-order valence-corrected chi connectivity index (χ4v) is 4.70. The molecule has 1 amide bonds. The number of pyridine rings is 1. The average molecular weight is 404 g/mol. The highest BCUT2D eigenvalue weighted by molar-refractivity contribution is 7.89. The molecule has 1 aliphatic heterocycles. The number of ether oxygens (including phenoxy) is 1. The Bertz CT molecular complexity index is 904. The number of benzene rings is 1. The monoisotopic (exact) mass is 403 g/mol. The lowest BCUT2D eigenvalue weighted by Crippen LogP contribution is -2.40. The third-order valence-electron chi connectivity index (χ3n) is 4.11. The van der Waals surface area contributed by atoms with Gasteiger partial charge in [-0.3, -0.25) is 9.78 Å². The van der Waals surface area contributed by atoms with Crippen molar-refractivity contribution in [2.24, 2.45) is 0 Å². The number of nitrogens with zero attached hydrogens (tertiary/aromatic N) is 2. The number of amides is 1. The number of fused-ring (bicyclic) bond motifs is 1. The van der Waals surface area contributed by atoms with Crippen LogP contribution in [-0.2, 0) is 19.6 Å². The Kier molecular flexibility index (Phi) is 6.51. The number of nitrogens with one attached hydrogen (secondary N) is 1. The second kappa shape index (κ2) is 8.26. The standard InChI is InChI=1S/C16H18FN3O4S.ClH/c1-24-10-15(21)19-12-5-6-20(9-12)25(22,23)14-4-2-3-11-7-18-8-13(17)16(11)14;/h2-4,7-8,12H,5-6,9-10H2,1H3,(H,19,21);1H/t12-;/m0./s1. The third kappa shape index (κ3) is 3.96. The average Bonchev–Trinajstić information content (AvgIpc) is 3.04. The van der Waals surface area contributed by atoms with Crippen molar-refractivity contribution in [1.82, 2.24) is 14.6 Å². The fraction of sp³-hybridized carbons (Fsp3) is 0.375. The summed E-state index contributed by atoms with van der Waals surface area (Å²) in [6.07, 6.45) is 2.91. The first kappa shape index (κ1) is 20.5. The number of sulfonamides is 1. The molecule has 0 aliphatic carbocycles. The van der Waals surface area contributed by atoms with E-state index in [1.54, 1.807) is 12.1 Å². The summed E-state index contributed by atoms with van der Waals surface area (Å²) in [7, 11) is -2.47. The van der Waals surface area contributed by atoms with E-state index < -0.39 is 15.8 Å². The van der Waals surface area contributed by atoms with Gasteiger partial charge in [0.25, 0.3) is 0 Å². The molecule has 7 nitrogen and oxygen atoms in total. The Morgan fingerprint density at radius 3 is 2.92 bits per heavy atom. The van der Waals surface area contributed by atoms with Crippen LogP contribution >= 0.6 is 12.4 Å². The lowest BCUT2D eigenvalue weighted by atomic mass is 10.2. The van der Waals surface area contributed by atoms with Crippen LogP contribution in [0.1, 0.15) is 6.42 Å². The van der Waals surface area contributed by atoms with E-state index in [4.69, 9.17) is 4.74 Å². The molecular formula is C16H19ClFN3O4S. The molecule has 0 saturated carbocycles. The minimum Gasteiger partial charge on any atom is -0.375 e. The van der Waals surface area contributed by atoms with Gasteiger partial charge in [0.1, 0.15) is 6.61 Å². The summed E-state index contributed by atoms with van der Waals surface area (Å²) in [4.78, 5) is 15.2. The van der Waals surface area contributed by atoms with E-state index in [-0.39, 0.29) is 54.3 Å². The van der Waals surface area contributed by atoms with Gasteiger partial charge in [0, 0.05) is 43.2 Å². The largest absolute Gasteiger partial charge is 0.375 e. The van der Waals surface area contributed by atoms with Gasteiger partial charge in [0.2, 0.25) is 15.9 Å². The predicted molar refractivity (Wildman–Crippen MR) is 96.1 cm³/mol. The molecule has 1 aromatic heterocycles. The van der Waals surface area contributed by atoms with Crippen LogP contribution in [0, 0.1) is 5.82 Å². The Morgan fingerprint density at radius 2 is 2.19 bits per heavy atom. The molecule has 2 aromatic rings. The molecule has 3 rings (SSSR count). The summed E-state index contributed by atoms with van der Waals surface area (Å²) in [5.74, 6) is -0.977. The van der Waals surface area contributed by atoms with Crippen molar-refractivity contribution in [3.63, 3.8) is 0 Å². The number of methoxy groups -OCH3 is 1. The highest BCUT2D eigenvalue weighted by Crippen LogP contribution is 2.29. The minimum absolute atomic E-state index is 0. The van der Waals surface area contributed by atoms with Crippen molar-refractivity contribution in [2.75, 3.05) is 26.8 Å². The van der Waals surface area contributed by atoms with Gasteiger partial charge in [-0.15, -0.1) is 12.4 Å². The number of rotatable bonds is 5. The van der Waals surface area contributed by atoms with Crippen LogP contribution in [0.4, 0.5) is 4.39 Å². The molecule has 0 bridgehead atoms. The Morgan fingerprint density at radius 1 is 1.42 bits per heavy atom. The van der Waals surface area contributed by atoms with Crippen molar-refractivity contribution in [3.05, 3.63) is 36.4 Å². The van der Waals surface area contributed by atoms with Gasteiger partial charge in [0.05, 0.1) is 11.1 Å². The van der Waals surface area contributed by atoms with E-state index >= 15 is 0 Å². The van der Waals surface area contributed by atoms with Crippen molar-refractivity contribution >= 4 is 39.1 Å². The van der Waals surface area contributed by atoms with E-state index in [2.05, 4.69) is 10.3 Å². The van der Waals surface area contributed by atoms with Crippen molar-refractivity contribution < 1.29 is 22.3 Å². The van der Waals surface area contributed by atoms with Gasteiger partial charge in [-0.2, -0.15) is 4.31 Å². The zero-order valence-corrected chi connectivity index (χ0v) is 15.6. The third-order valence-corrected chi connectivity index (χ3v) is 6.02. The lowest BCUT2D eigenvalue weighted by Gasteiger charge is -2.18. The normalized spacial score (nSPS) is 17.8. The molecule has 0 spiro atoms. The molecular weight excluding hydrogens is 385 g/mol. The summed E-state index contributed by atoms with van der Waals surface area (Å²) >= 11 is 0. The number of hydrogen-bond acceptors (Lipinski definition) is 5. The SMILES string of the molecule is COCC(=O)N[C@H]1CCN(S(=O)(=O)c2cccc3cncc(F)c23)C1.Cl. The molecule has 26 heavy (non-hydrogen) atoms. The van der Waals surface area contributed by atoms with Crippen LogP contribution in [0.2, 0.25) is 0 Å². The Hall–Kier alpha value is -1.81. The molecule has 10 heteroatoms. The maximum atomic E-state index is 14.2. The van der Waals surface area contributed by atoms with E-state index in [0.29, 0.717) is 11.8 Å². The number of hydrogen-bond donors (Lipinski definition) is 1. The first-order chi connectivity index (χ1) is 11.9. The van der Waals surface area contributed by atoms with Gasteiger partial charge in [-0.25, -0.2) is 12.8 Å². The summed E-state index contributed by atoms with van der Waals surface area (Å²) in [6.45, 7) is 0.314. The fourth-order valence-electron chi connectivity index (χ4n) is 2.98. The molecule has 1 atom stereocenters. The number of carbonyl (C=O) groups is 1. The summed E-state index contributed by atoms with van der Waals surface area (Å²) in [5.41, 5.74) is 0. The highest BCUT2D eigenvalue weighted by Gasteiger charge is 2.34. The smallest absolute Gasteiger partial charge is 0.246 e. The maximum Gasteiger partial charge on any atom is 0.246 e. The van der Waals surface area contributed by atoms with E-state index in [9.17, 15) is 17.6 Å². The van der Waals surface area contributed by atoms with Crippen LogP contribution < -0.4 is 5.32 Å². The highest BCUT2D eigenvalue weighted by atomic mass is 35.5. The topological polar surface area (TPSA) is 88.6 Å². The molecule has 142 valence electrons. The summed E-state index contributed by atoms with van der Waals surface area (Å²) in [5, 5.41) is 3.18. The Labute approximate surface area is 157 Å². The second-order valence-corrected chi connectivity index (χ2v) is 7.73. The van der Waals surface area contributed by atoms with E-state index in [1.165, 1.54) is 23.7 Å². The van der Waals surface area contributed by atoms with Gasteiger partial charge >= 0.3 is 0 Å². The van der Waals surface area contributed by atoms with Gasteiger partial charge in [-0.05, 0) is 12.5 Å². The second-order valence-electron chi connectivity index (χ2n) is 5.82. The summed E-state index contributed by atoms with van der Waals surface area (Å²) < 4.78 is 46.1. The number of carbonyl (C=O) groups excluding carboxylic acids is 1. The molecule has 0 unspecified atom stereocenters. The molecule has 1 aromatic carbocycles. The van der Waals surface area contributed by atoms with Crippen LogP contribution in [0.15, 0.2) is 35.5 Å². The Balaban J connectivity index is 0.00000243. The van der Waals surface area contributed by atoms with Gasteiger partial charge in [-0.1, -0.05) is 12.1 Å². The number of halogens is 2. The first-order valence-electron chi connectivity index (χ1n) is 7.74. The van der Waals surface area contributed by atoms with Crippen LogP contribution in [0.3, 0.4) is 0 Å². The van der Waals surface area contributed by atoms with E-state index in [1.807, 2.05) is 0 Å². The molecule has 1 fully saturated rings. The first-order valence-corrected chi connectivity index (χ1v) is 9.18. The zero-order valence-electron chi connectivity index (χ0n) is 14.0. The molecule has 1 aliphatic rings. The quantitative estimate of drug-likeness (QED) is 0.813. The predicted octanol–water partition coefficient (Wildman–Crippen LogP) is 1.32. The van der Waals surface area contributed by atoms with Crippen molar-refractivity contribution in [3.8, 4) is 0 Å². The number of aromatic nitrogens is 1. The van der Waals surface area contributed by atoms with Crippen molar-refractivity contribution in [2.45, 2.75) is 17.4 Å². The molecule has 1 saturated heterocycles. The zero-order chi connectivity index (χ0) is 18.0. The molecule has 1 N–H and O–H groups in total. The lowest BCUT2D eigenvalue weighted by molar-refractivity contribution is -0.125. The van der Waals surface area contributed by atoms with Gasteiger partial charge in [0.15, 0.2) is 5.82 Å². The maximum absolute atomic E-state index is 14.2. The molecule has 0 radical (unpaired) electrons. The minimum atomic E-state index is -3.89. The van der Waals surface area contributed by atoms with Crippen LogP contribution in [-0.4, -0.2) is 56.5 Å². The van der Waals surface area contributed by atoms with Gasteiger partial charge < -0.3 is 10.1 Å². The van der Waals surface area contributed by atoms with E-state index in [0.717, 1.165) is 6.20 Å².